The second-order valence-electron chi connectivity index (χ2n) is 5.41. The van der Waals surface area contributed by atoms with Crippen LogP contribution in [-0.4, -0.2) is 46.0 Å². The van der Waals surface area contributed by atoms with Gasteiger partial charge >= 0.3 is 6.09 Å². The molecule has 1 aliphatic heterocycles. The Hall–Kier alpha value is -2.04. The van der Waals surface area contributed by atoms with E-state index in [1.165, 1.54) is 4.90 Å². The highest BCUT2D eigenvalue weighted by atomic mass is 16.4. The SMILES string of the molecule is CC(C)[C@@H]1C(=O)N(Cc2ccccc2)CCN1C(=O)O. The molecule has 108 valence electrons. The first-order chi connectivity index (χ1) is 9.50. The largest absolute Gasteiger partial charge is 0.465 e. The Labute approximate surface area is 118 Å². The normalized spacial score (nSPS) is 19.6. The van der Waals surface area contributed by atoms with Crippen LogP contribution >= 0.6 is 0 Å². The van der Waals surface area contributed by atoms with E-state index in [0.717, 1.165) is 5.56 Å². The van der Waals surface area contributed by atoms with E-state index in [1.807, 2.05) is 44.2 Å². The van der Waals surface area contributed by atoms with Crippen LogP contribution < -0.4 is 0 Å². The molecule has 20 heavy (non-hydrogen) atoms. The first-order valence-corrected chi connectivity index (χ1v) is 6.83. The molecule has 0 bridgehead atoms. The summed E-state index contributed by atoms with van der Waals surface area (Å²) in [5, 5.41) is 9.21. The zero-order valence-corrected chi connectivity index (χ0v) is 11.8. The van der Waals surface area contributed by atoms with Crippen LogP contribution in [0, 0.1) is 5.92 Å². The van der Waals surface area contributed by atoms with Crippen molar-refractivity contribution in [2.75, 3.05) is 13.1 Å². The molecule has 1 aliphatic rings. The van der Waals surface area contributed by atoms with Gasteiger partial charge in [-0.05, 0) is 11.5 Å². The summed E-state index contributed by atoms with van der Waals surface area (Å²) in [6.45, 7) is 5.12. The van der Waals surface area contributed by atoms with Gasteiger partial charge in [-0.1, -0.05) is 44.2 Å². The predicted octanol–water partition coefficient (Wildman–Crippen LogP) is 2.03. The summed E-state index contributed by atoms with van der Waals surface area (Å²) in [7, 11) is 0. The topological polar surface area (TPSA) is 60.9 Å². The summed E-state index contributed by atoms with van der Waals surface area (Å²) in [5.74, 6) is -0.130. The number of carboxylic acid groups (broad SMARTS) is 1. The fraction of sp³-hybridized carbons (Fsp3) is 0.467. The van der Waals surface area contributed by atoms with E-state index in [-0.39, 0.29) is 11.8 Å². The van der Waals surface area contributed by atoms with Gasteiger partial charge in [-0.25, -0.2) is 4.79 Å². The zero-order chi connectivity index (χ0) is 14.7. The van der Waals surface area contributed by atoms with Crippen LogP contribution in [0.25, 0.3) is 0 Å². The molecule has 2 amide bonds. The third-order valence-corrected chi connectivity index (χ3v) is 3.60. The predicted molar refractivity (Wildman–Crippen MR) is 75.2 cm³/mol. The van der Waals surface area contributed by atoms with Crippen LogP contribution in [0.15, 0.2) is 30.3 Å². The lowest BCUT2D eigenvalue weighted by Gasteiger charge is -2.41. The molecule has 2 rings (SSSR count). The molecule has 1 N–H and O–H groups in total. The van der Waals surface area contributed by atoms with Gasteiger partial charge in [0, 0.05) is 19.6 Å². The highest BCUT2D eigenvalue weighted by Gasteiger charge is 2.39. The van der Waals surface area contributed by atoms with E-state index < -0.39 is 12.1 Å². The highest BCUT2D eigenvalue weighted by molar-refractivity contribution is 5.86. The Balaban J connectivity index is 2.14. The molecule has 1 saturated heterocycles. The number of rotatable bonds is 3. The lowest BCUT2D eigenvalue weighted by molar-refractivity contribution is -0.143. The molecule has 1 aromatic carbocycles. The van der Waals surface area contributed by atoms with Crippen LogP contribution in [0.2, 0.25) is 0 Å². The van der Waals surface area contributed by atoms with Gasteiger partial charge in [0.15, 0.2) is 0 Å². The zero-order valence-electron chi connectivity index (χ0n) is 11.8. The molecule has 0 spiro atoms. The Kier molecular flexibility index (Phi) is 4.27. The lowest BCUT2D eigenvalue weighted by atomic mass is 9.98. The Bertz CT molecular complexity index is 487. The Morgan fingerprint density at radius 1 is 1.30 bits per heavy atom. The second-order valence-corrected chi connectivity index (χ2v) is 5.41. The monoisotopic (exact) mass is 276 g/mol. The average molecular weight is 276 g/mol. The maximum absolute atomic E-state index is 12.5. The molecule has 1 heterocycles. The molecular formula is C15H20N2O3. The van der Waals surface area contributed by atoms with Crippen molar-refractivity contribution in [2.24, 2.45) is 5.92 Å². The van der Waals surface area contributed by atoms with Gasteiger partial charge < -0.3 is 10.0 Å². The number of carbonyl (C=O) groups is 2. The third-order valence-electron chi connectivity index (χ3n) is 3.60. The standard InChI is InChI=1S/C15H20N2O3/c1-11(2)13-14(18)16(8-9-17(13)15(19)20)10-12-6-4-3-5-7-12/h3-7,11,13H,8-10H2,1-2H3,(H,19,20)/t13-/m1/s1. The highest BCUT2D eigenvalue weighted by Crippen LogP contribution is 2.20. The molecule has 0 saturated carbocycles. The molecule has 1 aromatic rings. The van der Waals surface area contributed by atoms with Crippen molar-refractivity contribution in [3.05, 3.63) is 35.9 Å². The van der Waals surface area contributed by atoms with Gasteiger partial charge in [0.1, 0.15) is 6.04 Å². The number of hydrogen-bond acceptors (Lipinski definition) is 2. The van der Waals surface area contributed by atoms with Gasteiger partial charge in [0.2, 0.25) is 5.91 Å². The Morgan fingerprint density at radius 3 is 2.50 bits per heavy atom. The van der Waals surface area contributed by atoms with Crippen LogP contribution in [0.3, 0.4) is 0 Å². The van der Waals surface area contributed by atoms with Crippen molar-refractivity contribution in [2.45, 2.75) is 26.4 Å². The van der Waals surface area contributed by atoms with Gasteiger partial charge in [-0.15, -0.1) is 0 Å². The molecular weight excluding hydrogens is 256 g/mol. The third kappa shape index (κ3) is 2.92. The number of carbonyl (C=O) groups excluding carboxylic acids is 1. The fourth-order valence-electron chi connectivity index (χ4n) is 2.62. The van der Waals surface area contributed by atoms with E-state index in [9.17, 15) is 14.7 Å². The average Bonchev–Trinajstić information content (AvgIpc) is 2.41. The van der Waals surface area contributed by atoms with E-state index >= 15 is 0 Å². The van der Waals surface area contributed by atoms with Crippen molar-refractivity contribution in [1.82, 2.24) is 9.80 Å². The van der Waals surface area contributed by atoms with Crippen molar-refractivity contribution in [3.63, 3.8) is 0 Å². The number of benzene rings is 1. The summed E-state index contributed by atoms with van der Waals surface area (Å²) in [4.78, 5) is 26.7. The van der Waals surface area contributed by atoms with Crippen molar-refractivity contribution in [1.29, 1.82) is 0 Å². The number of piperazine rings is 1. The quantitative estimate of drug-likeness (QED) is 0.919. The Morgan fingerprint density at radius 2 is 1.95 bits per heavy atom. The minimum absolute atomic E-state index is 0.0304. The van der Waals surface area contributed by atoms with Gasteiger partial charge in [-0.2, -0.15) is 0 Å². The summed E-state index contributed by atoms with van der Waals surface area (Å²) < 4.78 is 0. The minimum Gasteiger partial charge on any atom is -0.465 e. The fourth-order valence-corrected chi connectivity index (χ4v) is 2.62. The maximum Gasteiger partial charge on any atom is 0.408 e. The summed E-state index contributed by atoms with van der Waals surface area (Å²) in [6, 6.07) is 9.18. The first kappa shape index (κ1) is 14.4. The maximum atomic E-state index is 12.5. The van der Waals surface area contributed by atoms with Gasteiger partial charge in [0.05, 0.1) is 0 Å². The van der Waals surface area contributed by atoms with Crippen LogP contribution in [0.4, 0.5) is 4.79 Å². The molecule has 0 unspecified atom stereocenters. The van der Waals surface area contributed by atoms with Crippen molar-refractivity contribution >= 4 is 12.0 Å². The van der Waals surface area contributed by atoms with E-state index in [2.05, 4.69) is 0 Å². The molecule has 0 aliphatic carbocycles. The molecule has 5 heteroatoms. The van der Waals surface area contributed by atoms with Crippen LogP contribution in [0.1, 0.15) is 19.4 Å². The van der Waals surface area contributed by atoms with Crippen molar-refractivity contribution in [3.8, 4) is 0 Å². The van der Waals surface area contributed by atoms with E-state index in [1.54, 1.807) is 4.90 Å². The van der Waals surface area contributed by atoms with E-state index in [4.69, 9.17) is 0 Å². The van der Waals surface area contributed by atoms with E-state index in [0.29, 0.717) is 19.6 Å². The lowest BCUT2D eigenvalue weighted by Crippen LogP contribution is -2.59. The molecule has 0 radical (unpaired) electrons. The van der Waals surface area contributed by atoms with Gasteiger partial charge in [0.25, 0.3) is 0 Å². The number of amides is 2. The number of hydrogen-bond donors (Lipinski definition) is 1. The minimum atomic E-state index is -1.02. The van der Waals surface area contributed by atoms with Crippen LogP contribution in [0.5, 0.6) is 0 Å². The van der Waals surface area contributed by atoms with Gasteiger partial charge in [-0.3, -0.25) is 9.69 Å². The number of nitrogens with zero attached hydrogens (tertiary/aromatic N) is 2. The molecule has 0 aromatic heterocycles. The summed E-state index contributed by atoms with van der Waals surface area (Å²) in [6.07, 6.45) is -1.02. The summed E-state index contributed by atoms with van der Waals surface area (Å²) >= 11 is 0. The van der Waals surface area contributed by atoms with Crippen molar-refractivity contribution < 1.29 is 14.7 Å². The second kappa shape index (κ2) is 5.94. The molecule has 1 fully saturated rings. The summed E-state index contributed by atoms with van der Waals surface area (Å²) in [5.41, 5.74) is 1.06. The smallest absolute Gasteiger partial charge is 0.408 e. The first-order valence-electron chi connectivity index (χ1n) is 6.83. The van der Waals surface area contributed by atoms with Crippen LogP contribution in [-0.2, 0) is 11.3 Å². The molecule has 5 nitrogen and oxygen atoms in total. The molecule has 1 atom stereocenters.